The van der Waals surface area contributed by atoms with Gasteiger partial charge < -0.3 is 15.8 Å². The molecule has 1 aromatic heterocycles. The van der Waals surface area contributed by atoms with E-state index in [0.717, 1.165) is 5.56 Å². The maximum absolute atomic E-state index is 12.4. The van der Waals surface area contributed by atoms with E-state index in [0.29, 0.717) is 22.6 Å². The van der Waals surface area contributed by atoms with E-state index in [4.69, 9.17) is 10.5 Å². The fourth-order valence-electron chi connectivity index (χ4n) is 2.63. The first-order chi connectivity index (χ1) is 13.6. The van der Waals surface area contributed by atoms with E-state index >= 15 is 0 Å². The van der Waals surface area contributed by atoms with E-state index in [1.165, 1.54) is 12.0 Å². The van der Waals surface area contributed by atoms with Gasteiger partial charge in [0.05, 0.1) is 36.9 Å². The first kappa shape index (κ1) is 21.7. The molecule has 3 rings (SSSR count). The maximum Gasteiger partial charge on any atom is 0.414 e. The highest BCUT2D eigenvalue weighted by Crippen LogP contribution is 2.20. The number of carbonyl (C=O) groups is 2. The number of nitrogens with two attached hydrogens (primary N) is 1. The molecule has 0 spiro atoms. The summed E-state index contributed by atoms with van der Waals surface area (Å²) in [6.07, 6.45) is 2.73. The van der Waals surface area contributed by atoms with Crippen molar-refractivity contribution in [3.8, 4) is 0 Å². The van der Waals surface area contributed by atoms with Crippen molar-refractivity contribution in [2.45, 2.75) is 6.54 Å². The summed E-state index contributed by atoms with van der Waals surface area (Å²) in [7, 11) is 1.33. The monoisotopic (exact) mass is 412 g/mol. The Morgan fingerprint density at radius 3 is 2.41 bits per heavy atom. The van der Waals surface area contributed by atoms with Gasteiger partial charge in [0.2, 0.25) is 0 Å². The zero-order valence-corrected chi connectivity index (χ0v) is 16.6. The van der Waals surface area contributed by atoms with Crippen molar-refractivity contribution in [3.05, 3.63) is 84.2 Å². The third kappa shape index (κ3) is 5.46. The number of rotatable bonds is 5. The molecule has 0 aliphatic heterocycles. The summed E-state index contributed by atoms with van der Waals surface area (Å²) in [6.45, 7) is 0.284. The SMILES string of the molecule is COC(=O)N(Cc1ccc(C(=O)Nc2ccccc2N)cc1)c1cccnc1.Cl. The molecular formula is C21H21ClN4O3. The van der Waals surface area contributed by atoms with Gasteiger partial charge in [0.25, 0.3) is 5.91 Å². The number of methoxy groups -OCH3 is 1. The molecule has 0 atom stereocenters. The summed E-state index contributed by atoms with van der Waals surface area (Å²) < 4.78 is 4.86. The number of benzene rings is 2. The number of nitrogens with zero attached hydrogens (tertiary/aromatic N) is 2. The summed E-state index contributed by atoms with van der Waals surface area (Å²) in [4.78, 5) is 30.0. The van der Waals surface area contributed by atoms with Crippen LogP contribution >= 0.6 is 12.4 Å². The van der Waals surface area contributed by atoms with Crippen LogP contribution in [0.15, 0.2) is 73.1 Å². The number of nitrogens with one attached hydrogen (secondary N) is 1. The summed E-state index contributed by atoms with van der Waals surface area (Å²) in [6, 6.07) is 17.5. The Bertz CT molecular complexity index is 965. The molecule has 0 bridgehead atoms. The molecule has 2 amide bonds. The van der Waals surface area contributed by atoms with Gasteiger partial charge in [0, 0.05) is 11.8 Å². The van der Waals surface area contributed by atoms with Crippen LogP contribution in [0.3, 0.4) is 0 Å². The number of nitrogen functional groups attached to an aromatic ring is 1. The lowest BCUT2D eigenvalue weighted by Crippen LogP contribution is -2.30. The molecular weight excluding hydrogens is 392 g/mol. The van der Waals surface area contributed by atoms with Crippen LogP contribution in [0, 0.1) is 0 Å². The number of amides is 2. The highest BCUT2D eigenvalue weighted by atomic mass is 35.5. The van der Waals surface area contributed by atoms with Gasteiger partial charge in [0.1, 0.15) is 0 Å². The lowest BCUT2D eigenvalue weighted by molar-refractivity contribution is 0.102. The van der Waals surface area contributed by atoms with Crippen molar-refractivity contribution in [2.75, 3.05) is 23.1 Å². The number of aromatic nitrogens is 1. The molecule has 0 saturated heterocycles. The number of anilines is 3. The normalized spacial score (nSPS) is 9.83. The van der Waals surface area contributed by atoms with Crippen molar-refractivity contribution < 1.29 is 14.3 Å². The number of para-hydroxylation sites is 2. The van der Waals surface area contributed by atoms with Crippen molar-refractivity contribution in [1.29, 1.82) is 0 Å². The molecule has 8 heteroatoms. The van der Waals surface area contributed by atoms with Crippen LogP contribution in [0.2, 0.25) is 0 Å². The topological polar surface area (TPSA) is 97.5 Å². The number of hydrogen-bond donors (Lipinski definition) is 2. The average Bonchev–Trinajstić information content (AvgIpc) is 2.74. The lowest BCUT2D eigenvalue weighted by Gasteiger charge is -2.21. The molecule has 1 heterocycles. The van der Waals surface area contributed by atoms with Gasteiger partial charge in [0.15, 0.2) is 0 Å². The molecule has 3 aromatic rings. The highest BCUT2D eigenvalue weighted by Gasteiger charge is 2.17. The summed E-state index contributed by atoms with van der Waals surface area (Å²) in [5, 5.41) is 2.78. The number of ether oxygens (including phenoxy) is 1. The number of carbonyl (C=O) groups excluding carboxylic acids is 2. The van der Waals surface area contributed by atoms with Gasteiger partial charge in [-0.3, -0.25) is 14.7 Å². The second-order valence-electron chi connectivity index (χ2n) is 6.01. The fourth-order valence-corrected chi connectivity index (χ4v) is 2.63. The van der Waals surface area contributed by atoms with Crippen LogP contribution in [0.4, 0.5) is 21.9 Å². The summed E-state index contributed by atoms with van der Waals surface area (Å²) >= 11 is 0. The molecule has 0 saturated carbocycles. The second kappa shape index (κ2) is 10.1. The predicted octanol–water partition coefficient (Wildman–Crippen LogP) is 4.11. The molecule has 7 nitrogen and oxygen atoms in total. The van der Waals surface area contributed by atoms with Gasteiger partial charge >= 0.3 is 6.09 Å². The summed E-state index contributed by atoms with van der Waals surface area (Å²) in [5.74, 6) is -0.262. The molecule has 0 radical (unpaired) electrons. The predicted molar refractivity (Wildman–Crippen MR) is 115 cm³/mol. The molecule has 0 fully saturated rings. The summed E-state index contributed by atoms with van der Waals surface area (Å²) in [5.41, 5.74) is 8.85. The van der Waals surface area contributed by atoms with E-state index in [2.05, 4.69) is 10.3 Å². The third-order valence-electron chi connectivity index (χ3n) is 4.12. The van der Waals surface area contributed by atoms with Gasteiger partial charge in [-0.15, -0.1) is 12.4 Å². The van der Waals surface area contributed by atoms with Crippen LogP contribution < -0.4 is 16.0 Å². The number of hydrogen-bond acceptors (Lipinski definition) is 5. The fraction of sp³-hybridized carbons (Fsp3) is 0.0952. The Kier molecular flexibility index (Phi) is 7.56. The van der Waals surface area contributed by atoms with Crippen molar-refractivity contribution in [3.63, 3.8) is 0 Å². The first-order valence-electron chi connectivity index (χ1n) is 8.59. The molecule has 0 aliphatic carbocycles. The zero-order chi connectivity index (χ0) is 19.9. The van der Waals surface area contributed by atoms with Gasteiger partial charge in [-0.1, -0.05) is 24.3 Å². The first-order valence-corrected chi connectivity index (χ1v) is 8.59. The molecule has 150 valence electrons. The van der Waals surface area contributed by atoms with Crippen molar-refractivity contribution >= 4 is 41.5 Å². The van der Waals surface area contributed by atoms with Gasteiger partial charge in [-0.2, -0.15) is 0 Å². The van der Waals surface area contributed by atoms with Crippen molar-refractivity contribution in [2.24, 2.45) is 0 Å². The molecule has 3 N–H and O–H groups in total. The van der Waals surface area contributed by atoms with E-state index in [9.17, 15) is 9.59 Å². The minimum atomic E-state index is -0.491. The van der Waals surface area contributed by atoms with Gasteiger partial charge in [-0.05, 0) is 42.0 Å². The average molecular weight is 413 g/mol. The minimum Gasteiger partial charge on any atom is -0.452 e. The largest absolute Gasteiger partial charge is 0.452 e. The van der Waals surface area contributed by atoms with E-state index in [1.54, 1.807) is 73.1 Å². The quantitative estimate of drug-likeness (QED) is 0.614. The Labute approximate surface area is 174 Å². The third-order valence-corrected chi connectivity index (χ3v) is 4.12. The smallest absolute Gasteiger partial charge is 0.414 e. The molecule has 0 unspecified atom stereocenters. The molecule has 29 heavy (non-hydrogen) atoms. The van der Waals surface area contributed by atoms with Crippen LogP contribution in [-0.2, 0) is 11.3 Å². The van der Waals surface area contributed by atoms with Crippen LogP contribution in [-0.4, -0.2) is 24.1 Å². The van der Waals surface area contributed by atoms with Crippen LogP contribution in [0.1, 0.15) is 15.9 Å². The van der Waals surface area contributed by atoms with E-state index in [-0.39, 0.29) is 24.9 Å². The van der Waals surface area contributed by atoms with Crippen molar-refractivity contribution in [1.82, 2.24) is 4.98 Å². The Morgan fingerprint density at radius 2 is 1.79 bits per heavy atom. The highest BCUT2D eigenvalue weighted by molar-refractivity contribution is 6.05. The second-order valence-corrected chi connectivity index (χ2v) is 6.01. The number of halogens is 1. The standard InChI is InChI=1S/C21H20N4O3.ClH/c1-28-21(27)25(17-5-4-12-23-13-17)14-15-8-10-16(11-9-15)20(26)24-19-7-3-2-6-18(19)22;/h2-13H,14,22H2,1H3,(H,24,26);1H. The molecule has 2 aromatic carbocycles. The Hall–Kier alpha value is -3.58. The Balaban J connectivity index is 0.00000300. The number of pyridine rings is 1. The zero-order valence-electron chi connectivity index (χ0n) is 15.7. The van der Waals surface area contributed by atoms with E-state index < -0.39 is 6.09 Å². The van der Waals surface area contributed by atoms with Crippen LogP contribution in [0.25, 0.3) is 0 Å². The minimum absolute atomic E-state index is 0. The van der Waals surface area contributed by atoms with E-state index in [1.807, 2.05) is 0 Å². The maximum atomic E-state index is 12.4. The lowest BCUT2D eigenvalue weighted by atomic mass is 10.1. The van der Waals surface area contributed by atoms with Gasteiger partial charge in [-0.25, -0.2) is 4.79 Å². The molecule has 0 aliphatic rings. The van der Waals surface area contributed by atoms with Crippen LogP contribution in [0.5, 0.6) is 0 Å². The Morgan fingerprint density at radius 1 is 1.07 bits per heavy atom.